The predicted octanol–water partition coefficient (Wildman–Crippen LogP) is 3.93. The number of nitro benzene ring substituents is 1. The maximum absolute atomic E-state index is 11.0. The molecular weight excluding hydrogens is 290 g/mol. The van der Waals surface area contributed by atoms with Gasteiger partial charge in [0.2, 0.25) is 0 Å². The Hall–Kier alpha value is -2.15. The highest BCUT2D eigenvalue weighted by molar-refractivity contribution is 7.11. The van der Waals surface area contributed by atoms with Gasteiger partial charge in [-0.05, 0) is 26.8 Å². The van der Waals surface area contributed by atoms with Gasteiger partial charge >= 0.3 is 5.69 Å². The second-order valence-corrected chi connectivity index (χ2v) is 5.81. The second kappa shape index (κ2) is 6.53. The van der Waals surface area contributed by atoms with Crippen LogP contribution >= 0.6 is 11.3 Å². The summed E-state index contributed by atoms with van der Waals surface area (Å²) in [5, 5.41) is 15.2. The van der Waals surface area contributed by atoms with Gasteiger partial charge in [-0.25, -0.2) is 4.98 Å². The van der Waals surface area contributed by atoms with E-state index in [0.717, 1.165) is 15.6 Å². The van der Waals surface area contributed by atoms with Crippen molar-refractivity contribution in [2.45, 2.75) is 26.8 Å². The first-order valence-corrected chi connectivity index (χ1v) is 7.43. The topological polar surface area (TPSA) is 77.3 Å². The van der Waals surface area contributed by atoms with Crippen molar-refractivity contribution in [3.05, 3.63) is 44.4 Å². The highest BCUT2D eigenvalue weighted by Gasteiger charge is 2.17. The Bertz CT molecular complexity index is 642. The number of aryl methyl sites for hydroxylation is 1. The number of thiazole rings is 1. The monoisotopic (exact) mass is 307 g/mol. The molecule has 0 saturated heterocycles. The minimum atomic E-state index is -0.442. The highest BCUT2D eigenvalue weighted by atomic mass is 32.1. The smallest absolute Gasteiger partial charge is 0.311 e. The molecule has 2 rings (SSSR count). The number of anilines is 1. The standard InChI is InChI=1S/C14H17N3O3S/c1-4-20-13-7-11(5-6-12(13)17(18)19)16-10(3)14-15-8-9(2)21-14/h5-8,10,16H,4H2,1-3H3. The summed E-state index contributed by atoms with van der Waals surface area (Å²) in [5.74, 6) is 0.273. The molecule has 0 aliphatic carbocycles. The molecule has 1 unspecified atom stereocenters. The zero-order valence-corrected chi connectivity index (χ0v) is 12.9. The van der Waals surface area contributed by atoms with Crippen LogP contribution in [0.15, 0.2) is 24.4 Å². The van der Waals surface area contributed by atoms with Crippen LogP contribution in [0, 0.1) is 17.0 Å². The van der Waals surface area contributed by atoms with Crippen molar-refractivity contribution in [3.63, 3.8) is 0 Å². The van der Waals surface area contributed by atoms with Crippen molar-refractivity contribution < 1.29 is 9.66 Å². The number of rotatable bonds is 6. The van der Waals surface area contributed by atoms with Crippen LogP contribution in [0.4, 0.5) is 11.4 Å². The fourth-order valence-corrected chi connectivity index (χ4v) is 2.69. The van der Waals surface area contributed by atoms with Gasteiger partial charge < -0.3 is 10.1 Å². The van der Waals surface area contributed by atoms with E-state index in [-0.39, 0.29) is 17.5 Å². The highest BCUT2D eigenvalue weighted by Crippen LogP contribution is 2.32. The van der Waals surface area contributed by atoms with E-state index < -0.39 is 4.92 Å². The van der Waals surface area contributed by atoms with Gasteiger partial charge in [-0.3, -0.25) is 10.1 Å². The van der Waals surface area contributed by atoms with Crippen LogP contribution in [-0.2, 0) is 0 Å². The van der Waals surface area contributed by atoms with Crippen LogP contribution in [0.1, 0.15) is 29.8 Å². The van der Waals surface area contributed by atoms with Crippen LogP contribution < -0.4 is 10.1 Å². The van der Waals surface area contributed by atoms with E-state index in [2.05, 4.69) is 10.3 Å². The van der Waals surface area contributed by atoms with Crippen LogP contribution in [0.5, 0.6) is 5.75 Å². The van der Waals surface area contributed by atoms with Crippen LogP contribution in [0.3, 0.4) is 0 Å². The summed E-state index contributed by atoms with van der Waals surface area (Å²) in [5.41, 5.74) is 0.740. The molecule has 0 spiro atoms. The molecule has 112 valence electrons. The fourth-order valence-electron chi connectivity index (χ4n) is 1.91. The molecule has 7 heteroatoms. The zero-order chi connectivity index (χ0) is 15.4. The Morgan fingerprint density at radius 2 is 2.29 bits per heavy atom. The molecule has 0 saturated carbocycles. The third kappa shape index (κ3) is 3.69. The van der Waals surface area contributed by atoms with Crippen molar-refractivity contribution in [1.82, 2.24) is 4.98 Å². The lowest BCUT2D eigenvalue weighted by Gasteiger charge is -2.14. The summed E-state index contributed by atoms with van der Waals surface area (Å²) < 4.78 is 5.34. The fraction of sp³-hybridized carbons (Fsp3) is 0.357. The minimum absolute atomic E-state index is 0.0274. The van der Waals surface area contributed by atoms with E-state index in [1.807, 2.05) is 20.0 Å². The summed E-state index contributed by atoms with van der Waals surface area (Å²) in [6.07, 6.45) is 1.83. The molecule has 1 aromatic carbocycles. The minimum Gasteiger partial charge on any atom is -0.487 e. The van der Waals surface area contributed by atoms with E-state index >= 15 is 0 Å². The van der Waals surface area contributed by atoms with E-state index in [9.17, 15) is 10.1 Å². The Morgan fingerprint density at radius 1 is 1.52 bits per heavy atom. The van der Waals surface area contributed by atoms with Crippen molar-refractivity contribution in [2.75, 3.05) is 11.9 Å². The molecule has 21 heavy (non-hydrogen) atoms. The van der Waals surface area contributed by atoms with E-state index in [4.69, 9.17) is 4.74 Å². The molecule has 0 fully saturated rings. The maximum atomic E-state index is 11.0. The van der Waals surface area contributed by atoms with Crippen molar-refractivity contribution in [2.24, 2.45) is 0 Å². The molecule has 6 nitrogen and oxygen atoms in total. The molecule has 1 N–H and O–H groups in total. The third-order valence-corrected chi connectivity index (χ3v) is 3.94. The lowest BCUT2D eigenvalue weighted by Crippen LogP contribution is -2.07. The number of nitrogens with zero attached hydrogens (tertiary/aromatic N) is 2. The molecule has 1 heterocycles. The molecule has 1 atom stereocenters. The summed E-state index contributed by atoms with van der Waals surface area (Å²) in [4.78, 5) is 16.0. The van der Waals surface area contributed by atoms with Crippen molar-refractivity contribution >= 4 is 22.7 Å². The van der Waals surface area contributed by atoms with Crippen LogP contribution in [0.2, 0.25) is 0 Å². The van der Waals surface area contributed by atoms with E-state index in [1.54, 1.807) is 30.4 Å². The van der Waals surface area contributed by atoms with Crippen LogP contribution in [-0.4, -0.2) is 16.5 Å². The molecular formula is C14H17N3O3S. The molecule has 0 radical (unpaired) electrons. The Labute approximate surface area is 126 Å². The van der Waals surface area contributed by atoms with Gasteiger partial charge in [-0.1, -0.05) is 0 Å². The quantitative estimate of drug-likeness (QED) is 0.646. The number of aromatic nitrogens is 1. The number of hydrogen-bond acceptors (Lipinski definition) is 6. The first-order chi connectivity index (χ1) is 10.0. The molecule has 0 bridgehead atoms. The van der Waals surface area contributed by atoms with E-state index in [0.29, 0.717) is 6.61 Å². The van der Waals surface area contributed by atoms with Crippen molar-refractivity contribution in [1.29, 1.82) is 0 Å². The van der Waals surface area contributed by atoms with Gasteiger partial charge in [0.1, 0.15) is 5.01 Å². The Kier molecular flexibility index (Phi) is 4.74. The first kappa shape index (κ1) is 15.2. The summed E-state index contributed by atoms with van der Waals surface area (Å²) in [6, 6.07) is 4.81. The normalized spacial score (nSPS) is 12.0. The average Bonchev–Trinajstić information content (AvgIpc) is 2.86. The van der Waals surface area contributed by atoms with Gasteiger partial charge in [0.05, 0.1) is 17.6 Å². The van der Waals surface area contributed by atoms with Crippen LogP contribution in [0.25, 0.3) is 0 Å². The maximum Gasteiger partial charge on any atom is 0.311 e. The third-order valence-electron chi connectivity index (χ3n) is 2.85. The lowest BCUT2D eigenvalue weighted by molar-refractivity contribution is -0.385. The van der Waals surface area contributed by atoms with Gasteiger partial charge in [0, 0.05) is 28.9 Å². The molecule has 1 aromatic heterocycles. The summed E-state index contributed by atoms with van der Waals surface area (Å²) in [7, 11) is 0. The molecule has 0 aliphatic heterocycles. The van der Waals surface area contributed by atoms with Gasteiger partial charge in [-0.2, -0.15) is 0 Å². The molecule has 0 aliphatic rings. The largest absolute Gasteiger partial charge is 0.487 e. The van der Waals surface area contributed by atoms with E-state index in [1.165, 1.54) is 6.07 Å². The Balaban J connectivity index is 2.20. The number of ether oxygens (including phenoxy) is 1. The molecule has 0 amide bonds. The van der Waals surface area contributed by atoms with Crippen molar-refractivity contribution in [3.8, 4) is 5.75 Å². The number of nitro groups is 1. The summed E-state index contributed by atoms with van der Waals surface area (Å²) in [6.45, 7) is 6.18. The SMILES string of the molecule is CCOc1cc(NC(C)c2ncc(C)s2)ccc1[N+](=O)[O-]. The van der Waals surface area contributed by atoms with Gasteiger partial charge in [0.25, 0.3) is 0 Å². The number of benzene rings is 1. The predicted molar refractivity (Wildman–Crippen MR) is 83.2 cm³/mol. The Morgan fingerprint density at radius 3 is 2.86 bits per heavy atom. The number of hydrogen-bond donors (Lipinski definition) is 1. The first-order valence-electron chi connectivity index (χ1n) is 6.61. The van der Waals surface area contributed by atoms with Gasteiger partial charge in [-0.15, -0.1) is 11.3 Å². The second-order valence-electron chi connectivity index (χ2n) is 4.55. The van der Waals surface area contributed by atoms with Gasteiger partial charge in [0.15, 0.2) is 5.75 Å². The average molecular weight is 307 g/mol. The zero-order valence-electron chi connectivity index (χ0n) is 12.1. The summed E-state index contributed by atoms with van der Waals surface area (Å²) >= 11 is 1.62. The lowest BCUT2D eigenvalue weighted by atomic mass is 10.2. The molecule has 2 aromatic rings. The number of nitrogens with one attached hydrogen (secondary N) is 1.